The molecule has 0 aromatic heterocycles. The minimum atomic E-state index is -0.369. The van der Waals surface area contributed by atoms with Crippen molar-refractivity contribution in [3.05, 3.63) is 28.5 Å². The summed E-state index contributed by atoms with van der Waals surface area (Å²) >= 11 is 3.23. The summed E-state index contributed by atoms with van der Waals surface area (Å²) in [6.07, 6.45) is 0. The van der Waals surface area contributed by atoms with Gasteiger partial charge in [-0.05, 0) is 41.9 Å². The Balaban J connectivity index is 2.90. The quantitative estimate of drug-likeness (QED) is 0.643. The van der Waals surface area contributed by atoms with E-state index >= 15 is 0 Å². The summed E-state index contributed by atoms with van der Waals surface area (Å²) in [7, 11) is 0. The highest BCUT2D eigenvalue weighted by molar-refractivity contribution is 9.10. The third kappa shape index (κ3) is 3.51. The van der Waals surface area contributed by atoms with E-state index in [1.165, 1.54) is 6.07 Å². The summed E-state index contributed by atoms with van der Waals surface area (Å²) in [4.78, 5) is 4.05. The van der Waals surface area contributed by atoms with E-state index in [0.29, 0.717) is 10.2 Å². The van der Waals surface area contributed by atoms with E-state index < -0.39 is 0 Å². The number of hydrogen-bond acceptors (Lipinski definition) is 1. The largest absolute Gasteiger partial charge is 0.370 e. The van der Waals surface area contributed by atoms with Crippen molar-refractivity contribution >= 4 is 27.6 Å². The van der Waals surface area contributed by atoms with E-state index in [1.807, 2.05) is 13.8 Å². The second-order valence-electron chi connectivity index (χ2n) is 3.33. The van der Waals surface area contributed by atoms with Gasteiger partial charge in [-0.15, -0.1) is 0 Å². The van der Waals surface area contributed by atoms with Crippen LogP contribution in [0.3, 0.4) is 0 Å². The molecular formula is C10H13BrFN3. The first-order valence-electron chi connectivity index (χ1n) is 4.55. The molecule has 0 unspecified atom stereocenters. The lowest BCUT2D eigenvalue weighted by Crippen LogP contribution is -2.24. The van der Waals surface area contributed by atoms with Crippen LogP contribution in [0.25, 0.3) is 0 Å². The molecule has 3 N–H and O–H groups in total. The monoisotopic (exact) mass is 273 g/mol. The molecule has 0 aliphatic carbocycles. The summed E-state index contributed by atoms with van der Waals surface area (Å²) in [6.45, 7) is 3.79. The Morgan fingerprint density at radius 1 is 1.53 bits per heavy atom. The summed E-state index contributed by atoms with van der Waals surface area (Å²) in [5.41, 5.74) is 5.90. The lowest BCUT2D eigenvalue weighted by Gasteiger charge is -2.09. The van der Waals surface area contributed by atoms with Gasteiger partial charge in [-0.2, -0.15) is 0 Å². The molecule has 0 aliphatic heterocycles. The van der Waals surface area contributed by atoms with Crippen LogP contribution in [0.2, 0.25) is 0 Å². The SMILES string of the molecule is CC(C)N=C(N)Nc1c(F)cccc1Br. The molecule has 1 aromatic rings. The zero-order valence-corrected chi connectivity index (χ0v) is 10.2. The highest BCUT2D eigenvalue weighted by Gasteiger charge is 2.06. The predicted octanol–water partition coefficient (Wildman–Crippen LogP) is 2.72. The van der Waals surface area contributed by atoms with Crippen molar-refractivity contribution in [2.24, 2.45) is 10.7 Å². The zero-order valence-electron chi connectivity index (χ0n) is 8.59. The van der Waals surface area contributed by atoms with E-state index in [0.717, 1.165) is 0 Å². The van der Waals surface area contributed by atoms with Gasteiger partial charge >= 0.3 is 0 Å². The highest BCUT2D eigenvalue weighted by atomic mass is 79.9. The van der Waals surface area contributed by atoms with Gasteiger partial charge in [-0.25, -0.2) is 4.39 Å². The lowest BCUT2D eigenvalue weighted by molar-refractivity contribution is 0.631. The second kappa shape index (κ2) is 5.11. The Kier molecular flexibility index (Phi) is 4.08. The molecule has 0 saturated heterocycles. The average Bonchev–Trinajstić information content (AvgIpc) is 2.10. The molecule has 82 valence electrons. The van der Waals surface area contributed by atoms with Gasteiger partial charge < -0.3 is 11.1 Å². The molecule has 0 aliphatic rings. The van der Waals surface area contributed by atoms with Gasteiger partial charge in [0.05, 0.1) is 5.69 Å². The molecule has 5 heteroatoms. The van der Waals surface area contributed by atoms with Crippen molar-refractivity contribution in [2.45, 2.75) is 19.9 Å². The lowest BCUT2D eigenvalue weighted by atomic mass is 10.3. The molecule has 0 radical (unpaired) electrons. The van der Waals surface area contributed by atoms with E-state index in [9.17, 15) is 4.39 Å². The molecule has 15 heavy (non-hydrogen) atoms. The van der Waals surface area contributed by atoms with Gasteiger partial charge in [0, 0.05) is 10.5 Å². The van der Waals surface area contributed by atoms with Crippen LogP contribution in [-0.4, -0.2) is 12.0 Å². The van der Waals surface area contributed by atoms with Crippen molar-refractivity contribution in [2.75, 3.05) is 5.32 Å². The molecule has 3 nitrogen and oxygen atoms in total. The molecule has 1 rings (SSSR count). The van der Waals surface area contributed by atoms with Gasteiger partial charge in [-0.1, -0.05) is 6.07 Å². The number of aliphatic imine (C=N–C) groups is 1. The fraction of sp³-hybridized carbons (Fsp3) is 0.300. The number of guanidine groups is 1. The van der Waals surface area contributed by atoms with Gasteiger partial charge in [0.15, 0.2) is 5.96 Å². The van der Waals surface area contributed by atoms with Crippen LogP contribution in [0, 0.1) is 5.82 Å². The maximum Gasteiger partial charge on any atom is 0.193 e. The van der Waals surface area contributed by atoms with Gasteiger partial charge in [-0.3, -0.25) is 4.99 Å². The Bertz CT molecular complexity index is 357. The molecule has 1 aromatic carbocycles. The van der Waals surface area contributed by atoms with Crippen LogP contribution in [0.5, 0.6) is 0 Å². The van der Waals surface area contributed by atoms with Gasteiger partial charge in [0.25, 0.3) is 0 Å². The number of nitrogens with one attached hydrogen (secondary N) is 1. The van der Waals surface area contributed by atoms with Crippen molar-refractivity contribution < 1.29 is 4.39 Å². The number of anilines is 1. The van der Waals surface area contributed by atoms with Gasteiger partial charge in [0.2, 0.25) is 0 Å². The average molecular weight is 274 g/mol. The van der Waals surface area contributed by atoms with Gasteiger partial charge in [0.1, 0.15) is 5.82 Å². The Morgan fingerprint density at radius 2 is 2.20 bits per heavy atom. The normalized spacial score (nSPS) is 11.9. The number of rotatable bonds is 2. The fourth-order valence-electron chi connectivity index (χ4n) is 1.06. The zero-order chi connectivity index (χ0) is 11.4. The number of nitrogens with two attached hydrogens (primary N) is 1. The first-order valence-corrected chi connectivity index (χ1v) is 5.34. The van der Waals surface area contributed by atoms with Crippen LogP contribution in [0.15, 0.2) is 27.7 Å². The number of para-hydroxylation sites is 1. The van der Waals surface area contributed by atoms with Crippen LogP contribution in [0.4, 0.5) is 10.1 Å². The van der Waals surface area contributed by atoms with E-state index in [1.54, 1.807) is 12.1 Å². The second-order valence-corrected chi connectivity index (χ2v) is 4.18. The smallest absolute Gasteiger partial charge is 0.193 e. The number of nitrogens with zero attached hydrogens (tertiary/aromatic N) is 1. The molecule has 0 saturated carbocycles. The Labute approximate surface area is 96.7 Å². The van der Waals surface area contributed by atoms with Crippen LogP contribution < -0.4 is 11.1 Å². The van der Waals surface area contributed by atoms with E-state index in [-0.39, 0.29) is 17.8 Å². The van der Waals surface area contributed by atoms with Crippen LogP contribution >= 0.6 is 15.9 Å². The maximum atomic E-state index is 13.3. The third-order valence-corrected chi connectivity index (χ3v) is 2.27. The topological polar surface area (TPSA) is 50.4 Å². The summed E-state index contributed by atoms with van der Waals surface area (Å²) < 4.78 is 14.0. The molecule has 0 amide bonds. The minimum absolute atomic E-state index is 0.0723. The Morgan fingerprint density at radius 3 is 2.73 bits per heavy atom. The molecule has 0 atom stereocenters. The molecule has 0 spiro atoms. The Hall–Kier alpha value is -1.10. The van der Waals surface area contributed by atoms with Crippen molar-refractivity contribution in [3.8, 4) is 0 Å². The number of halogens is 2. The molecular weight excluding hydrogens is 261 g/mol. The molecule has 0 heterocycles. The summed E-state index contributed by atoms with van der Waals surface area (Å²) in [5, 5.41) is 2.72. The van der Waals surface area contributed by atoms with Crippen LogP contribution in [-0.2, 0) is 0 Å². The standard InChI is InChI=1S/C10H13BrFN3/c1-6(2)14-10(13)15-9-7(11)4-3-5-8(9)12/h3-6H,1-2H3,(H3,13,14,15). The van der Waals surface area contributed by atoms with Crippen molar-refractivity contribution in [1.29, 1.82) is 0 Å². The van der Waals surface area contributed by atoms with Crippen LogP contribution in [0.1, 0.15) is 13.8 Å². The molecule has 0 fully saturated rings. The first kappa shape index (κ1) is 12.0. The minimum Gasteiger partial charge on any atom is -0.370 e. The number of hydrogen-bond donors (Lipinski definition) is 2. The maximum absolute atomic E-state index is 13.3. The molecule has 0 bridgehead atoms. The predicted molar refractivity (Wildman–Crippen MR) is 64.5 cm³/mol. The first-order chi connectivity index (χ1) is 7.00. The van der Waals surface area contributed by atoms with Crippen molar-refractivity contribution in [3.63, 3.8) is 0 Å². The fourth-order valence-corrected chi connectivity index (χ4v) is 1.50. The number of benzene rings is 1. The summed E-state index contributed by atoms with van der Waals surface area (Å²) in [5.74, 6) is -0.165. The highest BCUT2D eigenvalue weighted by Crippen LogP contribution is 2.24. The third-order valence-electron chi connectivity index (χ3n) is 1.61. The summed E-state index contributed by atoms with van der Waals surface area (Å²) in [6, 6.07) is 4.77. The van der Waals surface area contributed by atoms with E-state index in [2.05, 4.69) is 26.2 Å². The van der Waals surface area contributed by atoms with Crippen molar-refractivity contribution in [1.82, 2.24) is 0 Å². The van der Waals surface area contributed by atoms with E-state index in [4.69, 9.17) is 5.73 Å².